The molecule has 0 saturated heterocycles. The Balaban J connectivity index is 2.21. The second-order valence-electron chi connectivity index (χ2n) is 5.75. The van der Waals surface area contributed by atoms with Crippen molar-refractivity contribution in [3.8, 4) is 0 Å². The summed E-state index contributed by atoms with van der Waals surface area (Å²) in [5.74, 6) is 0.475. The van der Waals surface area contributed by atoms with Gasteiger partial charge in [-0.15, -0.1) is 0 Å². The molecule has 0 amide bonds. The van der Waals surface area contributed by atoms with Crippen molar-refractivity contribution in [3.05, 3.63) is 21.0 Å². The van der Waals surface area contributed by atoms with Gasteiger partial charge in [0.25, 0.3) is 5.56 Å². The van der Waals surface area contributed by atoms with Gasteiger partial charge in [-0.1, -0.05) is 12.8 Å². The molecular weight excluding hydrogens is 320 g/mol. The average molecular weight is 343 g/mol. The molecule has 1 aromatic rings. The largest absolute Gasteiger partial charge is 0.380 e. The van der Waals surface area contributed by atoms with Crippen molar-refractivity contribution in [1.82, 2.24) is 9.78 Å². The van der Waals surface area contributed by atoms with E-state index in [9.17, 15) is 4.79 Å². The van der Waals surface area contributed by atoms with Gasteiger partial charge in [0, 0.05) is 6.04 Å². The van der Waals surface area contributed by atoms with Crippen LogP contribution in [-0.2, 0) is 0 Å². The molecule has 0 aliphatic heterocycles. The van der Waals surface area contributed by atoms with Crippen LogP contribution < -0.4 is 16.6 Å². The standard InChI is InChI=1S/C14H23BrN4O/c1-9(2)19-14(20)13(15)12(8-17-19)18-11-6-4-3-5-10(11)7-16/h8-11,18H,3-7,16H2,1-2H3. The number of anilines is 1. The lowest BCUT2D eigenvalue weighted by Gasteiger charge is -2.32. The van der Waals surface area contributed by atoms with Gasteiger partial charge in [-0.25, -0.2) is 4.68 Å². The van der Waals surface area contributed by atoms with Crippen LogP contribution in [0.25, 0.3) is 0 Å². The summed E-state index contributed by atoms with van der Waals surface area (Å²) in [5, 5.41) is 7.69. The fourth-order valence-corrected chi connectivity index (χ4v) is 3.19. The third-order valence-corrected chi connectivity index (χ3v) is 4.75. The highest BCUT2D eigenvalue weighted by Crippen LogP contribution is 2.28. The van der Waals surface area contributed by atoms with E-state index in [0.29, 0.717) is 23.0 Å². The van der Waals surface area contributed by atoms with E-state index in [4.69, 9.17) is 5.73 Å². The van der Waals surface area contributed by atoms with Crippen molar-refractivity contribution in [2.45, 2.75) is 51.6 Å². The van der Waals surface area contributed by atoms with E-state index in [1.54, 1.807) is 6.20 Å². The minimum atomic E-state index is -0.0925. The van der Waals surface area contributed by atoms with Crippen LogP contribution in [0.3, 0.4) is 0 Å². The van der Waals surface area contributed by atoms with E-state index in [1.807, 2.05) is 13.8 Å². The molecule has 0 radical (unpaired) electrons. The summed E-state index contributed by atoms with van der Waals surface area (Å²) in [6, 6.07) is 0.389. The summed E-state index contributed by atoms with van der Waals surface area (Å²) in [7, 11) is 0. The summed E-state index contributed by atoms with van der Waals surface area (Å²) in [6.07, 6.45) is 6.44. The van der Waals surface area contributed by atoms with E-state index < -0.39 is 0 Å². The zero-order chi connectivity index (χ0) is 14.7. The lowest BCUT2D eigenvalue weighted by atomic mass is 9.84. The Hall–Kier alpha value is -0.880. The van der Waals surface area contributed by atoms with Gasteiger partial charge >= 0.3 is 0 Å². The molecular formula is C14H23BrN4O. The first-order chi connectivity index (χ1) is 9.54. The number of nitrogens with one attached hydrogen (secondary N) is 1. The first kappa shape index (κ1) is 15.5. The number of nitrogens with two attached hydrogens (primary N) is 1. The molecule has 2 unspecified atom stereocenters. The Kier molecular flexibility index (Phi) is 5.21. The van der Waals surface area contributed by atoms with Crippen molar-refractivity contribution < 1.29 is 0 Å². The van der Waals surface area contributed by atoms with Crippen LogP contribution in [0.1, 0.15) is 45.6 Å². The molecule has 5 nitrogen and oxygen atoms in total. The Morgan fingerprint density at radius 1 is 1.50 bits per heavy atom. The minimum Gasteiger partial charge on any atom is -0.380 e. The number of nitrogens with zero attached hydrogens (tertiary/aromatic N) is 2. The molecule has 112 valence electrons. The second-order valence-corrected chi connectivity index (χ2v) is 6.54. The monoisotopic (exact) mass is 342 g/mol. The highest BCUT2D eigenvalue weighted by molar-refractivity contribution is 9.10. The van der Waals surface area contributed by atoms with Crippen molar-refractivity contribution >= 4 is 21.6 Å². The van der Waals surface area contributed by atoms with Gasteiger partial charge in [0.2, 0.25) is 0 Å². The van der Waals surface area contributed by atoms with Crippen LogP contribution in [0.4, 0.5) is 5.69 Å². The zero-order valence-corrected chi connectivity index (χ0v) is 13.7. The molecule has 0 spiro atoms. The van der Waals surface area contributed by atoms with Gasteiger partial charge < -0.3 is 11.1 Å². The van der Waals surface area contributed by atoms with Crippen molar-refractivity contribution in [2.75, 3.05) is 11.9 Å². The number of hydrogen-bond acceptors (Lipinski definition) is 4. The van der Waals surface area contributed by atoms with Crippen LogP contribution in [0, 0.1) is 5.92 Å². The molecule has 1 aliphatic carbocycles. The molecule has 2 rings (SSSR count). The Labute approximate surface area is 128 Å². The molecule has 2 atom stereocenters. The molecule has 0 aromatic carbocycles. The molecule has 6 heteroatoms. The molecule has 1 heterocycles. The fraction of sp³-hybridized carbons (Fsp3) is 0.714. The molecule has 1 aliphatic rings. The summed E-state index contributed by atoms with van der Waals surface area (Å²) >= 11 is 3.40. The second kappa shape index (κ2) is 6.72. The van der Waals surface area contributed by atoms with E-state index in [1.165, 1.54) is 17.5 Å². The number of rotatable bonds is 4. The topological polar surface area (TPSA) is 72.9 Å². The third kappa shape index (κ3) is 3.23. The van der Waals surface area contributed by atoms with Gasteiger partial charge in [-0.05, 0) is 55.1 Å². The number of aromatic nitrogens is 2. The number of halogens is 1. The SMILES string of the molecule is CC(C)n1ncc(NC2CCCCC2CN)c(Br)c1=O. The molecule has 1 fully saturated rings. The van der Waals surface area contributed by atoms with Crippen LogP contribution in [0.15, 0.2) is 15.5 Å². The first-order valence-corrected chi connectivity index (χ1v) is 8.07. The summed E-state index contributed by atoms with van der Waals surface area (Å²) < 4.78 is 2.04. The van der Waals surface area contributed by atoms with Gasteiger partial charge in [-0.3, -0.25) is 4.79 Å². The fourth-order valence-electron chi connectivity index (χ4n) is 2.79. The molecule has 20 heavy (non-hydrogen) atoms. The lowest BCUT2D eigenvalue weighted by Crippen LogP contribution is -2.37. The smallest absolute Gasteiger partial charge is 0.283 e. The Bertz CT molecular complexity index is 514. The maximum Gasteiger partial charge on any atom is 0.283 e. The van der Waals surface area contributed by atoms with Crippen molar-refractivity contribution in [2.24, 2.45) is 11.7 Å². The summed E-state index contributed by atoms with van der Waals surface area (Å²) in [5.41, 5.74) is 6.53. The summed E-state index contributed by atoms with van der Waals surface area (Å²) in [4.78, 5) is 12.2. The van der Waals surface area contributed by atoms with Crippen molar-refractivity contribution in [1.29, 1.82) is 0 Å². The first-order valence-electron chi connectivity index (χ1n) is 7.28. The molecule has 3 N–H and O–H groups in total. The molecule has 1 aromatic heterocycles. The lowest BCUT2D eigenvalue weighted by molar-refractivity contribution is 0.332. The maximum absolute atomic E-state index is 12.2. The predicted octanol–water partition coefficient (Wildman–Crippen LogP) is 2.52. The van der Waals surface area contributed by atoms with Crippen LogP contribution in [0.5, 0.6) is 0 Å². The van der Waals surface area contributed by atoms with Crippen LogP contribution >= 0.6 is 15.9 Å². The Morgan fingerprint density at radius 3 is 2.85 bits per heavy atom. The number of hydrogen-bond donors (Lipinski definition) is 2. The highest BCUT2D eigenvalue weighted by atomic mass is 79.9. The van der Waals surface area contributed by atoms with Gasteiger partial charge in [0.05, 0.1) is 17.9 Å². The van der Waals surface area contributed by atoms with Gasteiger partial charge in [-0.2, -0.15) is 5.10 Å². The van der Waals surface area contributed by atoms with Crippen molar-refractivity contribution in [3.63, 3.8) is 0 Å². The van der Waals surface area contributed by atoms with Gasteiger partial charge in [0.1, 0.15) is 4.47 Å². The van der Waals surface area contributed by atoms with E-state index in [-0.39, 0.29) is 11.6 Å². The highest BCUT2D eigenvalue weighted by Gasteiger charge is 2.25. The normalized spacial score (nSPS) is 23.1. The quantitative estimate of drug-likeness (QED) is 0.881. The molecule has 1 saturated carbocycles. The predicted molar refractivity (Wildman–Crippen MR) is 85.0 cm³/mol. The van der Waals surface area contributed by atoms with Crippen LogP contribution in [0.2, 0.25) is 0 Å². The van der Waals surface area contributed by atoms with Crippen LogP contribution in [-0.4, -0.2) is 22.4 Å². The third-order valence-electron chi connectivity index (χ3n) is 3.99. The zero-order valence-electron chi connectivity index (χ0n) is 12.1. The van der Waals surface area contributed by atoms with E-state index in [2.05, 4.69) is 26.3 Å². The Morgan fingerprint density at radius 2 is 2.20 bits per heavy atom. The van der Waals surface area contributed by atoms with Gasteiger partial charge in [0.15, 0.2) is 0 Å². The maximum atomic E-state index is 12.2. The van der Waals surface area contributed by atoms with E-state index >= 15 is 0 Å². The summed E-state index contributed by atoms with van der Waals surface area (Å²) in [6.45, 7) is 4.57. The minimum absolute atomic E-state index is 0.0549. The average Bonchev–Trinajstić information content (AvgIpc) is 2.44. The van der Waals surface area contributed by atoms with E-state index in [0.717, 1.165) is 18.5 Å². The molecule has 0 bridgehead atoms.